The van der Waals surface area contributed by atoms with Gasteiger partial charge in [-0.2, -0.15) is 13.2 Å². The Balaban J connectivity index is 1.48. The normalized spacial score (nSPS) is 30.5. The molecule has 1 amide bonds. The average Bonchev–Trinajstić information content (AvgIpc) is 3.23. The number of halogens is 3. The Morgan fingerprint density at radius 1 is 1.36 bits per heavy atom. The summed E-state index contributed by atoms with van der Waals surface area (Å²) in [6, 6.07) is 1.55. The van der Waals surface area contributed by atoms with E-state index in [1.54, 1.807) is 12.0 Å². The minimum absolute atomic E-state index is 0.00238. The van der Waals surface area contributed by atoms with Gasteiger partial charge in [0, 0.05) is 57.2 Å². The fraction of sp³-hybridized carbons (Fsp3) is 0.750. The maximum Gasteiger partial charge on any atom is 0.417 e. The Labute approximate surface area is 193 Å². The average molecular weight is 470 g/mol. The number of hydrogen-bond acceptors (Lipinski definition) is 5. The van der Waals surface area contributed by atoms with Gasteiger partial charge in [0.25, 0.3) is 0 Å². The summed E-state index contributed by atoms with van der Waals surface area (Å²) >= 11 is 0. The van der Waals surface area contributed by atoms with Crippen molar-refractivity contribution in [3.05, 3.63) is 29.1 Å². The second-order valence-corrected chi connectivity index (χ2v) is 9.97. The van der Waals surface area contributed by atoms with Gasteiger partial charge in [0.2, 0.25) is 5.91 Å². The van der Waals surface area contributed by atoms with Crippen LogP contribution in [0.3, 0.4) is 0 Å². The van der Waals surface area contributed by atoms with Gasteiger partial charge in [-0.1, -0.05) is 13.8 Å². The van der Waals surface area contributed by atoms with E-state index in [1.807, 2.05) is 0 Å². The molecular formula is C24H34F3N3O3. The van der Waals surface area contributed by atoms with Gasteiger partial charge < -0.3 is 19.7 Å². The van der Waals surface area contributed by atoms with Crippen molar-refractivity contribution in [3.8, 4) is 0 Å². The number of carbonyl (C=O) groups is 1. The molecular weight excluding hydrogens is 435 g/mol. The molecule has 4 rings (SSSR count). The predicted octanol–water partition coefficient (Wildman–Crippen LogP) is 3.57. The second-order valence-electron chi connectivity index (χ2n) is 9.97. The highest BCUT2D eigenvalue weighted by molar-refractivity contribution is 5.83. The number of pyridine rings is 1. The standard InChI is InChI=1S/C24H34F3N3O3/c1-15(2)23(7-4-18(11-23)29-20-6-9-33-14-21(20)32-3)22(31)30-8-5-19-16(13-30)10-17(12-28-19)24(25,26)27/h10,12,15,18,20-21,29H,4-9,11,13-14H2,1-3H3/t18-,20+,21+,23-/m0/s1. The molecule has 1 saturated carbocycles. The molecule has 6 nitrogen and oxygen atoms in total. The van der Waals surface area contributed by atoms with Gasteiger partial charge in [0.15, 0.2) is 0 Å². The number of carbonyl (C=O) groups excluding carboxylic acids is 1. The van der Waals surface area contributed by atoms with E-state index >= 15 is 0 Å². The second kappa shape index (κ2) is 9.50. The van der Waals surface area contributed by atoms with Crippen molar-refractivity contribution in [2.45, 2.75) is 76.9 Å². The summed E-state index contributed by atoms with van der Waals surface area (Å²) < 4.78 is 50.6. The number of fused-ring (bicyclic) bond motifs is 1. The van der Waals surface area contributed by atoms with Crippen molar-refractivity contribution in [3.63, 3.8) is 0 Å². The third kappa shape index (κ3) is 4.91. The van der Waals surface area contributed by atoms with Gasteiger partial charge in [-0.25, -0.2) is 0 Å². The topological polar surface area (TPSA) is 63.7 Å². The molecule has 184 valence electrons. The molecule has 2 fully saturated rings. The van der Waals surface area contributed by atoms with E-state index in [0.29, 0.717) is 37.4 Å². The number of amides is 1. The first-order valence-corrected chi connectivity index (χ1v) is 11.8. The molecule has 0 radical (unpaired) electrons. The number of methoxy groups -OCH3 is 1. The lowest BCUT2D eigenvalue weighted by molar-refractivity contribution is -0.146. The summed E-state index contributed by atoms with van der Waals surface area (Å²) in [5.74, 6) is 0.186. The Morgan fingerprint density at radius 3 is 2.85 bits per heavy atom. The maximum atomic E-state index is 13.8. The van der Waals surface area contributed by atoms with Gasteiger partial charge in [0.1, 0.15) is 0 Å². The molecule has 9 heteroatoms. The van der Waals surface area contributed by atoms with E-state index in [9.17, 15) is 18.0 Å². The van der Waals surface area contributed by atoms with Crippen LogP contribution in [-0.4, -0.2) is 60.8 Å². The van der Waals surface area contributed by atoms with Crippen molar-refractivity contribution in [1.29, 1.82) is 0 Å². The van der Waals surface area contributed by atoms with E-state index in [2.05, 4.69) is 24.1 Å². The van der Waals surface area contributed by atoms with Crippen LogP contribution in [0.2, 0.25) is 0 Å². The number of nitrogens with one attached hydrogen (secondary N) is 1. The van der Waals surface area contributed by atoms with E-state index < -0.39 is 17.2 Å². The Morgan fingerprint density at radius 2 is 2.15 bits per heavy atom. The first kappa shape index (κ1) is 24.4. The molecule has 4 atom stereocenters. The fourth-order valence-corrected chi connectivity index (χ4v) is 5.69. The van der Waals surface area contributed by atoms with Crippen LogP contribution in [0, 0.1) is 11.3 Å². The molecule has 1 N–H and O–H groups in total. The molecule has 33 heavy (non-hydrogen) atoms. The summed E-state index contributed by atoms with van der Waals surface area (Å²) in [5.41, 5.74) is -0.121. The molecule has 0 aromatic carbocycles. The molecule has 3 heterocycles. The zero-order chi connectivity index (χ0) is 23.8. The monoisotopic (exact) mass is 469 g/mol. The molecule has 0 unspecified atom stereocenters. The highest BCUT2D eigenvalue weighted by Crippen LogP contribution is 2.47. The third-order valence-corrected chi connectivity index (χ3v) is 7.79. The van der Waals surface area contributed by atoms with Crippen LogP contribution in [0.15, 0.2) is 12.3 Å². The molecule has 1 aliphatic carbocycles. The first-order valence-electron chi connectivity index (χ1n) is 11.8. The first-order chi connectivity index (χ1) is 15.6. The molecule has 3 aliphatic rings. The van der Waals surface area contributed by atoms with Crippen LogP contribution in [0.25, 0.3) is 0 Å². The minimum atomic E-state index is -4.44. The summed E-state index contributed by atoms with van der Waals surface area (Å²) in [4.78, 5) is 19.6. The summed E-state index contributed by atoms with van der Waals surface area (Å²) in [7, 11) is 1.69. The number of aromatic nitrogens is 1. The van der Waals surface area contributed by atoms with Gasteiger partial charge in [-0.05, 0) is 43.2 Å². The summed E-state index contributed by atoms with van der Waals surface area (Å²) in [5, 5.41) is 3.72. The smallest absolute Gasteiger partial charge is 0.379 e. The van der Waals surface area contributed by atoms with Gasteiger partial charge in [-0.15, -0.1) is 0 Å². The van der Waals surface area contributed by atoms with Crippen LogP contribution in [0.5, 0.6) is 0 Å². The lowest BCUT2D eigenvalue weighted by Crippen LogP contribution is -2.52. The minimum Gasteiger partial charge on any atom is -0.379 e. The SMILES string of the molecule is CO[C@@H]1COCC[C@H]1N[C@H]1CC[C@@](C(=O)N2CCc3ncc(C(F)(F)F)cc3C2)(C(C)C)C1. The number of nitrogens with zero attached hydrogens (tertiary/aromatic N) is 2. The van der Waals surface area contributed by atoms with Crippen molar-refractivity contribution in [2.24, 2.45) is 11.3 Å². The zero-order valence-electron chi connectivity index (χ0n) is 19.6. The summed E-state index contributed by atoms with van der Waals surface area (Å²) in [6.45, 7) is 6.09. The van der Waals surface area contributed by atoms with Crippen molar-refractivity contribution >= 4 is 5.91 Å². The molecule has 0 bridgehead atoms. The molecule has 2 aliphatic heterocycles. The Bertz CT molecular complexity index is 863. The number of alkyl halides is 3. The van der Waals surface area contributed by atoms with Crippen LogP contribution in [-0.2, 0) is 33.4 Å². The van der Waals surface area contributed by atoms with E-state index in [0.717, 1.165) is 37.9 Å². The van der Waals surface area contributed by atoms with E-state index in [-0.39, 0.29) is 36.6 Å². The van der Waals surface area contributed by atoms with E-state index in [4.69, 9.17) is 9.47 Å². The van der Waals surface area contributed by atoms with Gasteiger partial charge >= 0.3 is 6.18 Å². The van der Waals surface area contributed by atoms with Crippen LogP contribution in [0.1, 0.15) is 56.4 Å². The summed E-state index contributed by atoms with van der Waals surface area (Å²) in [6.07, 6.45) is 0.180. The fourth-order valence-electron chi connectivity index (χ4n) is 5.69. The quantitative estimate of drug-likeness (QED) is 0.714. The van der Waals surface area contributed by atoms with Crippen LogP contribution in [0.4, 0.5) is 13.2 Å². The number of rotatable bonds is 5. The molecule has 1 saturated heterocycles. The predicted molar refractivity (Wildman–Crippen MR) is 116 cm³/mol. The largest absolute Gasteiger partial charge is 0.417 e. The molecule has 1 aromatic heterocycles. The number of hydrogen-bond donors (Lipinski definition) is 1. The Hall–Kier alpha value is -1.71. The van der Waals surface area contributed by atoms with Crippen molar-refractivity contribution in [1.82, 2.24) is 15.2 Å². The van der Waals surface area contributed by atoms with Crippen LogP contribution >= 0.6 is 0 Å². The third-order valence-electron chi connectivity index (χ3n) is 7.79. The van der Waals surface area contributed by atoms with Crippen molar-refractivity contribution < 1.29 is 27.4 Å². The zero-order valence-corrected chi connectivity index (χ0v) is 19.6. The lowest BCUT2D eigenvalue weighted by atomic mass is 9.74. The Kier molecular flexibility index (Phi) is 7.03. The highest BCUT2D eigenvalue weighted by atomic mass is 19.4. The number of ether oxygens (including phenoxy) is 2. The molecule has 1 aromatic rings. The van der Waals surface area contributed by atoms with E-state index in [1.165, 1.54) is 0 Å². The van der Waals surface area contributed by atoms with Crippen molar-refractivity contribution in [2.75, 3.05) is 26.9 Å². The lowest BCUT2D eigenvalue weighted by Gasteiger charge is -2.40. The van der Waals surface area contributed by atoms with Gasteiger partial charge in [0.05, 0.1) is 23.7 Å². The van der Waals surface area contributed by atoms with Crippen LogP contribution < -0.4 is 5.32 Å². The molecule has 0 spiro atoms. The highest BCUT2D eigenvalue weighted by Gasteiger charge is 2.50. The maximum absolute atomic E-state index is 13.8. The van der Waals surface area contributed by atoms with Gasteiger partial charge in [-0.3, -0.25) is 9.78 Å².